The molecule has 2 heterocycles. The third kappa shape index (κ3) is 4.52. The normalized spacial score (nSPS) is 20.2. The van der Waals surface area contributed by atoms with Crippen molar-refractivity contribution in [2.75, 3.05) is 33.4 Å². The van der Waals surface area contributed by atoms with Gasteiger partial charge in [0.25, 0.3) is 0 Å². The van der Waals surface area contributed by atoms with E-state index in [0.717, 1.165) is 25.9 Å². The number of rotatable bonds is 7. The van der Waals surface area contributed by atoms with Crippen LogP contribution in [-0.4, -0.2) is 65.3 Å². The largest absolute Gasteiger partial charge is 0.389 e. The van der Waals surface area contributed by atoms with E-state index in [1.807, 2.05) is 17.9 Å². The summed E-state index contributed by atoms with van der Waals surface area (Å²) in [5.74, 6) is 0. The van der Waals surface area contributed by atoms with Crippen molar-refractivity contribution in [3.8, 4) is 0 Å². The molecule has 0 aromatic carbocycles. The number of nitrogens with one attached hydrogen (secondary N) is 1. The number of piperidine rings is 1. The Kier molecular flexibility index (Phi) is 6.37. The second-order valence-electron chi connectivity index (χ2n) is 6.38. The molecule has 22 heavy (non-hydrogen) atoms. The SMILES string of the molecule is COCC(O)CN1CCC(NC(C)c2cnn(C)c2C)CC1. The van der Waals surface area contributed by atoms with Crippen LogP contribution in [0.1, 0.15) is 37.1 Å². The molecule has 0 saturated carbocycles. The highest BCUT2D eigenvalue weighted by Crippen LogP contribution is 2.19. The standard InChI is InChI=1S/C16H30N4O2/c1-12(16-9-17-19(3)13(16)2)18-14-5-7-20(8-6-14)10-15(21)11-22-4/h9,12,14-15,18,21H,5-8,10-11H2,1-4H3. The van der Waals surface area contributed by atoms with Crippen LogP contribution < -0.4 is 5.32 Å². The van der Waals surface area contributed by atoms with Crippen LogP contribution in [0.5, 0.6) is 0 Å². The Morgan fingerprint density at radius 3 is 2.68 bits per heavy atom. The van der Waals surface area contributed by atoms with E-state index in [1.54, 1.807) is 7.11 Å². The number of aliphatic hydroxyl groups is 1. The van der Waals surface area contributed by atoms with Crippen LogP contribution in [0.2, 0.25) is 0 Å². The van der Waals surface area contributed by atoms with Crippen molar-refractivity contribution >= 4 is 0 Å². The highest BCUT2D eigenvalue weighted by Gasteiger charge is 2.23. The second kappa shape index (κ2) is 8.06. The lowest BCUT2D eigenvalue weighted by Gasteiger charge is -2.34. The lowest BCUT2D eigenvalue weighted by Crippen LogP contribution is -2.46. The van der Waals surface area contributed by atoms with Crippen LogP contribution in [0.25, 0.3) is 0 Å². The van der Waals surface area contributed by atoms with Crippen molar-refractivity contribution in [2.45, 2.75) is 44.9 Å². The molecule has 0 spiro atoms. The molecule has 0 amide bonds. The van der Waals surface area contributed by atoms with Gasteiger partial charge in [-0.15, -0.1) is 0 Å². The van der Waals surface area contributed by atoms with Crippen molar-refractivity contribution in [3.63, 3.8) is 0 Å². The summed E-state index contributed by atoms with van der Waals surface area (Å²) in [7, 11) is 3.61. The van der Waals surface area contributed by atoms with Gasteiger partial charge in [0.05, 0.1) is 18.9 Å². The number of hydrogen-bond acceptors (Lipinski definition) is 5. The molecule has 2 atom stereocenters. The zero-order chi connectivity index (χ0) is 16.1. The zero-order valence-corrected chi connectivity index (χ0v) is 14.2. The minimum Gasteiger partial charge on any atom is -0.389 e. The van der Waals surface area contributed by atoms with Gasteiger partial charge in [-0.25, -0.2) is 0 Å². The predicted molar refractivity (Wildman–Crippen MR) is 86.8 cm³/mol. The Hall–Kier alpha value is -0.950. The van der Waals surface area contributed by atoms with E-state index < -0.39 is 0 Å². The molecule has 2 unspecified atom stereocenters. The molecule has 2 N–H and O–H groups in total. The maximum Gasteiger partial charge on any atom is 0.0900 e. The number of aryl methyl sites for hydroxylation is 1. The van der Waals surface area contributed by atoms with Crippen LogP contribution in [0.15, 0.2) is 6.20 Å². The number of aromatic nitrogens is 2. The van der Waals surface area contributed by atoms with E-state index in [4.69, 9.17) is 4.74 Å². The molecule has 1 aromatic rings. The fourth-order valence-electron chi connectivity index (χ4n) is 3.21. The maximum absolute atomic E-state index is 9.80. The second-order valence-corrected chi connectivity index (χ2v) is 6.38. The summed E-state index contributed by atoms with van der Waals surface area (Å²) in [5, 5.41) is 17.8. The van der Waals surface area contributed by atoms with E-state index in [1.165, 1.54) is 11.3 Å². The summed E-state index contributed by atoms with van der Waals surface area (Å²) in [6.07, 6.45) is 3.81. The molecule has 6 heteroatoms. The molecule has 1 fully saturated rings. The summed E-state index contributed by atoms with van der Waals surface area (Å²) in [4.78, 5) is 2.32. The number of hydrogen-bond donors (Lipinski definition) is 2. The Morgan fingerprint density at radius 1 is 1.45 bits per heavy atom. The summed E-state index contributed by atoms with van der Waals surface area (Å²) >= 11 is 0. The van der Waals surface area contributed by atoms with Crippen LogP contribution in [0.3, 0.4) is 0 Å². The predicted octanol–water partition coefficient (Wildman–Crippen LogP) is 0.851. The number of β-amino-alcohol motifs (C(OH)–C–C–N with tert-alkyl or cyclic N) is 1. The average molecular weight is 310 g/mol. The van der Waals surface area contributed by atoms with Gasteiger partial charge < -0.3 is 20.1 Å². The molecule has 0 bridgehead atoms. The molecule has 126 valence electrons. The maximum atomic E-state index is 9.80. The lowest BCUT2D eigenvalue weighted by atomic mass is 10.0. The summed E-state index contributed by atoms with van der Waals surface area (Å²) < 4.78 is 6.91. The first-order chi connectivity index (χ1) is 10.5. The Bertz CT molecular complexity index is 455. The van der Waals surface area contributed by atoms with E-state index in [0.29, 0.717) is 25.2 Å². The molecule has 1 aromatic heterocycles. The average Bonchev–Trinajstić information content (AvgIpc) is 2.81. The first-order valence-corrected chi connectivity index (χ1v) is 8.15. The van der Waals surface area contributed by atoms with Crippen LogP contribution in [0, 0.1) is 6.92 Å². The van der Waals surface area contributed by atoms with Crippen LogP contribution >= 0.6 is 0 Å². The zero-order valence-electron chi connectivity index (χ0n) is 14.2. The quantitative estimate of drug-likeness (QED) is 0.782. The van der Waals surface area contributed by atoms with Crippen molar-refractivity contribution in [1.82, 2.24) is 20.0 Å². The molecule has 0 aliphatic carbocycles. The fourth-order valence-corrected chi connectivity index (χ4v) is 3.21. The molecule has 2 rings (SSSR count). The van der Waals surface area contributed by atoms with E-state index in [-0.39, 0.29) is 6.10 Å². The molecule has 1 aliphatic rings. The first kappa shape index (κ1) is 17.4. The number of nitrogens with zero attached hydrogens (tertiary/aromatic N) is 3. The summed E-state index contributed by atoms with van der Waals surface area (Å²) in [6, 6.07) is 0.856. The summed E-state index contributed by atoms with van der Waals surface area (Å²) in [5.41, 5.74) is 2.50. The van der Waals surface area contributed by atoms with Crippen molar-refractivity contribution in [1.29, 1.82) is 0 Å². The molecule has 0 radical (unpaired) electrons. The molecule has 6 nitrogen and oxygen atoms in total. The highest BCUT2D eigenvalue weighted by molar-refractivity contribution is 5.19. The van der Waals surface area contributed by atoms with Crippen LogP contribution in [-0.2, 0) is 11.8 Å². The van der Waals surface area contributed by atoms with Crippen molar-refractivity contribution in [2.24, 2.45) is 7.05 Å². The van der Waals surface area contributed by atoms with Gasteiger partial charge >= 0.3 is 0 Å². The summed E-state index contributed by atoms with van der Waals surface area (Å²) in [6.45, 7) is 7.49. The van der Waals surface area contributed by atoms with Crippen molar-refractivity contribution in [3.05, 3.63) is 17.5 Å². The minimum atomic E-state index is -0.383. The van der Waals surface area contributed by atoms with Gasteiger partial charge in [-0.05, 0) is 39.8 Å². The first-order valence-electron chi connectivity index (χ1n) is 8.15. The smallest absolute Gasteiger partial charge is 0.0900 e. The number of methoxy groups -OCH3 is 1. The van der Waals surface area contributed by atoms with Gasteiger partial charge in [0.1, 0.15) is 0 Å². The Morgan fingerprint density at radius 2 is 2.14 bits per heavy atom. The van der Waals surface area contributed by atoms with Gasteiger partial charge in [0, 0.05) is 44.0 Å². The molecular weight excluding hydrogens is 280 g/mol. The number of likely N-dealkylation sites (tertiary alicyclic amines) is 1. The lowest BCUT2D eigenvalue weighted by molar-refractivity contribution is 0.0308. The topological polar surface area (TPSA) is 62.6 Å². The number of aliphatic hydroxyl groups excluding tert-OH is 1. The molecular formula is C16H30N4O2. The van der Waals surface area contributed by atoms with Crippen LogP contribution in [0.4, 0.5) is 0 Å². The Balaban J connectivity index is 1.76. The fraction of sp³-hybridized carbons (Fsp3) is 0.812. The monoisotopic (exact) mass is 310 g/mol. The highest BCUT2D eigenvalue weighted by atomic mass is 16.5. The third-order valence-corrected chi connectivity index (χ3v) is 4.64. The van der Waals surface area contributed by atoms with Gasteiger partial charge in [-0.2, -0.15) is 5.10 Å². The van der Waals surface area contributed by atoms with E-state index in [9.17, 15) is 5.11 Å². The van der Waals surface area contributed by atoms with Gasteiger partial charge in [0.2, 0.25) is 0 Å². The third-order valence-electron chi connectivity index (χ3n) is 4.64. The number of ether oxygens (including phenoxy) is 1. The molecule has 1 saturated heterocycles. The van der Waals surface area contributed by atoms with E-state index >= 15 is 0 Å². The van der Waals surface area contributed by atoms with Crippen molar-refractivity contribution < 1.29 is 9.84 Å². The minimum absolute atomic E-state index is 0.323. The van der Waals surface area contributed by atoms with E-state index in [2.05, 4.69) is 29.2 Å². The Labute approximate surface area is 133 Å². The van der Waals surface area contributed by atoms with Gasteiger partial charge in [-0.3, -0.25) is 4.68 Å². The van der Waals surface area contributed by atoms with Gasteiger partial charge in [0.15, 0.2) is 0 Å². The van der Waals surface area contributed by atoms with Gasteiger partial charge in [-0.1, -0.05) is 0 Å². The molecule has 1 aliphatic heterocycles.